The van der Waals surface area contributed by atoms with Crippen molar-refractivity contribution in [2.24, 2.45) is 0 Å². The number of esters is 2. The molecule has 0 aromatic heterocycles. The monoisotopic (exact) mass is 266 g/mol. The summed E-state index contributed by atoms with van der Waals surface area (Å²) in [5.74, 6) is -0.669. The number of Topliss-reactive ketones (excluding diaryl/α,β-unsaturated/α-hetero) is 1. The number of hydrogen-bond donors (Lipinski definition) is 0. The van der Waals surface area contributed by atoms with Gasteiger partial charge in [-0.2, -0.15) is 0 Å². The summed E-state index contributed by atoms with van der Waals surface area (Å²) in [6.45, 7) is 6.01. The molecule has 1 aliphatic rings. The van der Waals surface area contributed by atoms with Gasteiger partial charge in [-0.15, -0.1) is 0 Å². The number of carbonyl (C=O) groups is 3. The highest BCUT2D eigenvalue weighted by Crippen LogP contribution is 2.30. The fourth-order valence-corrected chi connectivity index (χ4v) is 1.89. The zero-order valence-corrected chi connectivity index (χ0v) is 11.7. The average Bonchev–Trinajstić information content (AvgIpc) is 2.25. The number of rotatable bonds is 3. The molecule has 0 atom stereocenters. The summed E-state index contributed by atoms with van der Waals surface area (Å²) in [5.41, 5.74) is 0.904. The fraction of sp³-hybridized carbons (Fsp3) is 0.500. The smallest absolute Gasteiger partial charge is 0.308 e. The molecule has 1 aliphatic carbocycles. The standard InChI is InChI=1S/C14H18O5/c1-8(2)14(19-10(4)16)13-11(17)6-5-7-12(13)18-9(3)15/h5-7H2,1-4H3. The van der Waals surface area contributed by atoms with E-state index in [1.165, 1.54) is 13.8 Å². The second kappa shape index (κ2) is 6.31. The van der Waals surface area contributed by atoms with Crippen molar-refractivity contribution in [1.29, 1.82) is 0 Å². The first-order valence-electron chi connectivity index (χ1n) is 6.14. The quantitative estimate of drug-likeness (QED) is 0.579. The van der Waals surface area contributed by atoms with Gasteiger partial charge in [0.25, 0.3) is 0 Å². The molecule has 19 heavy (non-hydrogen) atoms. The van der Waals surface area contributed by atoms with Crippen molar-refractivity contribution in [3.05, 3.63) is 22.7 Å². The summed E-state index contributed by atoms with van der Waals surface area (Å²) in [6.07, 6.45) is 1.47. The van der Waals surface area contributed by atoms with Crippen molar-refractivity contribution in [3.63, 3.8) is 0 Å². The summed E-state index contributed by atoms with van der Waals surface area (Å²) < 4.78 is 10.2. The van der Waals surface area contributed by atoms with Gasteiger partial charge in [-0.3, -0.25) is 14.4 Å². The summed E-state index contributed by atoms with van der Waals surface area (Å²) in [7, 11) is 0. The van der Waals surface area contributed by atoms with Crippen LogP contribution in [0.1, 0.15) is 47.0 Å². The molecule has 104 valence electrons. The molecule has 0 fully saturated rings. The highest BCUT2D eigenvalue weighted by Gasteiger charge is 2.28. The number of allylic oxidation sites excluding steroid dienone is 3. The van der Waals surface area contributed by atoms with Crippen LogP contribution in [-0.2, 0) is 23.9 Å². The zero-order valence-electron chi connectivity index (χ0n) is 11.7. The molecule has 0 unspecified atom stereocenters. The largest absolute Gasteiger partial charge is 0.430 e. The van der Waals surface area contributed by atoms with Crippen LogP contribution in [0.4, 0.5) is 0 Å². The van der Waals surface area contributed by atoms with Crippen LogP contribution in [0.3, 0.4) is 0 Å². The molecule has 0 amide bonds. The van der Waals surface area contributed by atoms with Crippen molar-refractivity contribution >= 4 is 17.7 Å². The van der Waals surface area contributed by atoms with Gasteiger partial charge in [0.1, 0.15) is 11.5 Å². The van der Waals surface area contributed by atoms with Crippen molar-refractivity contribution in [1.82, 2.24) is 0 Å². The zero-order chi connectivity index (χ0) is 14.6. The highest BCUT2D eigenvalue weighted by atomic mass is 16.5. The van der Waals surface area contributed by atoms with E-state index in [2.05, 4.69) is 0 Å². The Bertz CT molecular complexity index is 478. The minimum absolute atomic E-state index is 0.167. The number of ether oxygens (including phenoxy) is 2. The SMILES string of the molecule is CC(=O)OC1=C(C(OC(C)=O)=C(C)C)C(=O)CCC1. The second-order valence-corrected chi connectivity index (χ2v) is 4.59. The van der Waals surface area contributed by atoms with E-state index in [4.69, 9.17) is 9.47 Å². The Hall–Kier alpha value is -1.91. The Labute approximate surface area is 112 Å². The van der Waals surface area contributed by atoms with Crippen LogP contribution in [0.2, 0.25) is 0 Å². The Morgan fingerprint density at radius 1 is 1.00 bits per heavy atom. The molecule has 0 saturated carbocycles. The van der Waals surface area contributed by atoms with E-state index in [0.29, 0.717) is 30.6 Å². The third kappa shape index (κ3) is 4.05. The average molecular weight is 266 g/mol. The maximum atomic E-state index is 12.0. The maximum Gasteiger partial charge on any atom is 0.308 e. The molecule has 0 spiro atoms. The van der Waals surface area contributed by atoms with Gasteiger partial charge in [0, 0.05) is 26.7 Å². The van der Waals surface area contributed by atoms with Crippen LogP contribution >= 0.6 is 0 Å². The molecule has 0 bridgehead atoms. The Morgan fingerprint density at radius 3 is 2.11 bits per heavy atom. The molecule has 0 N–H and O–H groups in total. The second-order valence-electron chi connectivity index (χ2n) is 4.59. The molecule has 0 aromatic carbocycles. The lowest BCUT2D eigenvalue weighted by atomic mass is 9.93. The van der Waals surface area contributed by atoms with Gasteiger partial charge >= 0.3 is 11.9 Å². The number of carbonyl (C=O) groups excluding carboxylic acids is 3. The first kappa shape index (κ1) is 15.1. The molecule has 0 heterocycles. The van der Waals surface area contributed by atoms with Gasteiger partial charge < -0.3 is 9.47 Å². The predicted molar refractivity (Wildman–Crippen MR) is 67.8 cm³/mol. The molecule has 1 rings (SSSR count). The van der Waals surface area contributed by atoms with Crippen molar-refractivity contribution < 1.29 is 23.9 Å². The van der Waals surface area contributed by atoms with E-state index in [0.717, 1.165) is 0 Å². The minimum Gasteiger partial charge on any atom is -0.430 e. The van der Waals surface area contributed by atoms with Crippen LogP contribution in [0.5, 0.6) is 0 Å². The van der Waals surface area contributed by atoms with Crippen molar-refractivity contribution in [3.8, 4) is 0 Å². The fourth-order valence-electron chi connectivity index (χ4n) is 1.89. The van der Waals surface area contributed by atoms with Crippen LogP contribution < -0.4 is 0 Å². The summed E-state index contributed by atoms with van der Waals surface area (Å²) in [4.78, 5) is 34.3. The normalized spacial score (nSPS) is 15.1. The van der Waals surface area contributed by atoms with Crippen LogP contribution in [-0.4, -0.2) is 17.7 Å². The van der Waals surface area contributed by atoms with E-state index in [1.807, 2.05) is 0 Å². The van der Waals surface area contributed by atoms with E-state index in [9.17, 15) is 14.4 Å². The molecule has 0 aliphatic heterocycles. The first-order chi connectivity index (χ1) is 8.82. The van der Waals surface area contributed by atoms with Gasteiger partial charge in [0.15, 0.2) is 5.78 Å². The number of hydrogen-bond acceptors (Lipinski definition) is 5. The molecule has 5 nitrogen and oxygen atoms in total. The summed E-state index contributed by atoms with van der Waals surface area (Å²) in [5, 5.41) is 0. The highest BCUT2D eigenvalue weighted by molar-refractivity contribution is 6.01. The Kier molecular flexibility index (Phi) is 5.03. The van der Waals surface area contributed by atoms with Crippen molar-refractivity contribution in [2.75, 3.05) is 0 Å². The molecule has 0 aromatic rings. The van der Waals surface area contributed by atoms with Crippen molar-refractivity contribution in [2.45, 2.75) is 47.0 Å². The van der Waals surface area contributed by atoms with Gasteiger partial charge in [-0.25, -0.2) is 0 Å². The van der Waals surface area contributed by atoms with Gasteiger partial charge in [-0.1, -0.05) is 0 Å². The molecule has 5 heteroatoms. The van der Waals surface area contributed by atoms with Gasteiger partial charge in [-0.05, 0) is 25.8 Å². The van der Waals surface area contributed by atoms with E-state index in [-0.39, 0.29) is 17.1 Å². The van der Waals surface area contributed by atoms with Crippen LogP contribution in [0.25, 0.3) is 0 Å². The maximum absolute atomic E-state index is 12.0. The van der Waals surface area contributed by atoms with Crippen LogP contribution in [0, 0.1) is 0 Å². The molecular weight excluding hydrogens is 248 g/mol. The van der Waals surface area contributed by atoms with Gasteiger partial charge in [0.05, 0.1) is 5.57 Å². The van der Waals surface area contributed by atoms with E-state index < -0.39 is 11.9 Å². The molecule has 0 radical (unpaired) electrons. The summed E-state index contributed by atoms with van der Waals surface area (Å²) >= 11 is 0. The first-order valence-corrected chi connectivity index (χ1v) is 6.14. The topological polar surface area (TPSA) is 69.7 Å². The minimum atomic E-state index is -0.510. The lowest BCUT2D eigenvalue weighted by Gasteiger charge is -2.20. The third-order valence-corrected chi connectivity index (χ3v) is 2.56. The van der Waals surface area contributed by atoms with E-state index >= 15 is 0 Å². The summed E-state index contributed by atoms with van der Waals surface area (Å²) in [6, 6.07) is 0. The molecule has 0 saturated heterocycles. The number of ketones is 1. The lowest BCUT2D eigenvalue weighted by Crippen LogP contribution is -2.19. The Morgan fingerprint density at radius 2 is 1.63 bits per heavy atom. The third-order valence-electron chi connectivity index (χ3n) is 2.56. The predicted octanol–water partition coefficient (Wildman–Crippen LogP) is 2.41. The Balaban J connectivity index is 3.30. The van der Waals surface area contributed by atoms with E-state index in [1.54, 1.807) is 13.8 Å². The van der Waals surface area contributed by atoms with Crippen LogP contribution in [0.15, 0.2) is 22.7 Å². The lowest BCUT2D eigenvalue weighted by molar-refractivity contribution is -0.137. The van der Waals surface area contributed by atoms with Gasteiger partial charge in [0.2, 0.25) is 0 Å². The molecular formula is C14H18O5.